The molecule has 0 amide bonds. The molecule has 0 saturated carbocycles. The van der Waals surface area contributed by atoms with Crippen LogP contribution in [0.4, 0.5) is 13.2 Å². The predicted molar refractivity (Wildman–Crippen MR) is 135 cm³/mol. The molecule has 0 bridgehead atoms. The van der Waals surface area contributed by atoms with E-state index in [9.17, 15) is 18.0 Å². The molecule has 1 N–H and O–H groups in total. The fourth-order valence-electron chi connectivity index (χ4n) is 5.92. The molecule has 3 heterocycles. The second kappa shape index (κ2) is 9.57. The van der Waals surface area contributed by atoms with Crippen LogP contribution in [0, 0.1) is 6.92 Å². The van der Waals surface area contributed by atoms with Gasteiger partial charge in [-0.05, 0) is 48.6 Å². The molecule has 3 aromatic rings. The van der Waals surface area contributed by atoms with Gasteiger partial charge < -0.3 is 14.6 Å². The van der Waals surface area contributed by atoms with E-state index in [4.69, 9.17) is 14.6 Å². The monoisotopic (exact) mass is 544 g/mol. The van der Waals surface area contributed by atoms with Crippen LogP contribution in [0.15, 0.2) is 30.3 Å². The van der Waals surface area contributed by atoms with Crippen molar-refractivity contribution in [2.45, 2.75) is 63.9 Å². The van der Waals surface area contributed by atoms with Crippen molar-refractivity contribution < 1.29 is 32.5 Å². The van der Waals surface area contributed by atoms with Crippen LogP contribution in [0.5, 0.6) is 11.5 Å². The normalized spacial score (nSPS) is 20.5. The number of aromatic nitrogens is 1. The van der Waals surface area contributed by atoms with Crippen LogP contribution < -0.4 is 9.47 Å². The van der Waals surface area contributed by atoms with Crippen LogP contribution in [0.3, 0.4) is 0 Å². The van der Waals surface area contributed by atoms with Gasteiger partial charge in [-0.2, -0.15) is 13.2 Å². The summed E-state index contributed by atoms with van der Waals surface area (Å²) in [5, 5.41) is 10.1. The van der Waals surface area contributed by atoms with Crippen LogP contribution >= 0.6 is 11.3 Å². The summed E-state index contributed by atoms with van der Waals surface area (Å²) in [6.45, 7) is 3.79. The lowest BCUT2D eigenvalue weighted by Crippen LogP contribution is -2.31. The maximum Gasteiger partial charge on any atom is 0.416 e. The highest BCUT2D eigenvalue weighted by atomic mass is 32.1. The summed E-state index contributed by atoms with van der Waals surface area (Å²) in [6.07, 6.45) is -2.96. The number of carbonyl (C=O) groups is 1. The summed E-state index contributed by atoms with van der Waals surface area (Å²) in [4.78, 5) is 18.9. The highest BCUT2D eigenvalue weighted by Crippen LogP contribution is 2.44. The fourth-order valence-corrected chi connectivity index (χ4v) is 6.94. The number of aliphatic carboxylic acids is 1. The molecule has 2 atom stereocenters. The quantitative estimate of drug-likeness (QED) is 0.408. The van der Waals surface area contributed by atoms with Crippen molar-refractivity contribution in [3.05, 3.63) is 73.7 Å². The van der Waals surface area contributed by atoms with Gasteiger partial charge in [-0.1, -0.05) is 12.1 Å². The second-order valence-corrected chi connectivity index (χ2v) is 11.5. The number of carboxylic acid groups (broad SMARTS) is 1. The van der Waals surface area contributed by atoms with Gasteiger partial charge in [0.25, 0.3) is 0 Å². The molecule has 1 aromatic heterocycles. The minimum Gasteiger partial charge on any atom is -0.492 e. The van der Waals surface area contributed by atoms with E-state index < -0.39 is 17.7 Å². The highest BCUT2D eigenvalue weighted by molar-refractivity contribution is 7.11. The molecule has 200 valence electrons. The average molecular weight is 545 g/mol. The smallest absolute Gasteiger partial charge is 0.416 e. The van der Waals surface area contributed by atoms with Crippen molar-refractivity contribution in [1.29, 1.82) is 0 Å². The van der Waals surface area contributed by atoms with E-state index in [-0.39, 0.29) is 25.0 Å². The summed E-state index contributed by atoms with van der Waals surface area (Å²) < 4.78 is 54.2. The number of alkyl halides is 3. The number of carboxylic acids is 1. The van der Waals surface area contributed by atoms with E-state index in [1.54, 1.807) is 29.5 Å². The third-order valence-corrected chi connectivity index (χ3v) is 8.64. The lowest BCUT2D eigenvalue weighted by atomic mass is 9.95. The zero-order valence-corrected chi connectivity index (χ0v) is 21.6. The Hall–Kier alpha value is -3.11. The molecule has 2 aliphatic heterocycles. The Morgan fingerprint density at radius 3 is 2.84 bits per heavy atom. The summed E-state index contributed by atoms with van der Waals surface area (Å²) >= 11 is 1.62. The van der Waals surface area contributed by atoms with Gasteiger partial charge >= 0.3 is 12.1 Å². The summed E-state index contributed by atoms with van der Waals surface area (Å²) in [7, 11) is 0. The van der Waals surface area contributed by atoms with Gasteiger partial charge in [0.2, 0.25) is 0 Å². The van der Waals surface area contributed by atoms with E-state index in [2.05, 4.69) is 9.88 Å². The number of halogens is 3. The highest BCUT2D eigenvalue weighted by Gasteiger charge is 2.38. The van der Waals surface area contributed by atoms with E-state index in [0.717, 1.165) is 38.7 Å². The number of benzene rings is 2. The van der Waals surface area contributed by atoms with Gasteiger partial charge in [-0.3, -0.25) is 9.69 Å². The van der Waals surface area contributed by atoms with Crippen LogP contribution in [-0.4, -0.2) is 34.1 Å². The van der Waals surface area contributed by atoms with Crippen LogP contribution in [0.2, 0.25) is 0 Å². The Labute approximate surface area is 222 Å². The minimum absolute atomic E-state index is 0.00550. The van der Waals surface area contributed by atoms with Crippen molar-refractivity contribution >= 4 is 17.3 Å². The maximum absolute atomic E-state index is 14.1. The van der Waals surface area contributed by atoms with Gasteiger partial charge in [-0.15, -0.1) is 11.3 Å². The lowest BCUT2D eigenvalue weighted by Gasteiger charge is -2.28. The fraction of sp³-hybridized carbons (Fsp3) is 0.429. The summed E-state index contributed by atoms with van der Waals surface area (Å²) in [6, 6.07) is 8.12. The molecule has 0 unspecified atom stereocenters. The first-order chi connectivity index (χ1) is 18.2. The topological polar surface area (TPSA) is 71.9 Å². The number of nitrogens with zero attached hydrogens (tertiary/aromatic N) is 2. The van der Waals surface area contributed by atoms with Crippen molar-refractivity contribution in [2.75, 3.05) is 13.2 Å². The molecular weight excluding hydrogens is 517 g/mol. The number of rotatable bonds is 6. The zero-order chi connectivity index (χ0) is 26.6. The number of hydrogen-bond donors (Lipinski definition) is 1. The van der Waals surface area contributed by atoms with Crippen molar-refractivity contribution in [2.24, 2.45) is 0 Å². The van der Waals surface area contributed by atoms with Crippen molar-refractivity contribution in [3.63, 3.8) is 0 Å². The second-order valence-electron chi connectivity index (χ2n) is 10.2. The molecule has 10 heteroatoms. The third kappa shape index (κ3) is 4.75. The molecule has 1 aliphatic carbocycles. The van der Waals surface area contributed by atoms with Crippen LogP contribution in [0.1, 0.15) is 68.3 Å². The van der Waals surface area contributed by atoms with E-state index in [1.807, 2.05) is 13.0 Å². The number of thiazole rings is 1. The van der Waals surface area contributed by atoms with Gasteiger partial charge in [-0.25, -0.2) is 4.98 Å². The first kappa shape index (κ1) is 25.2. The number of fused-ring (bicyclic) bond motifs is 3. The standard InChI is InChI=1S/C28H27F3N2O4S/c1-15-32-23-8-9-33(13-26(23)38-15)12-21-19-5-7-24(20(19)4-6-22(21)28(29,30)31)37-17-2-3-18-16(10-27(34)35)14-36-25(18)11-17/h2-4,6,11,16,24H,5,7-10,12-14H2,1H3,(H,34,35)/t16-,24-/m1/s1. The molecule has 6 nitrogen and oxygen atoms in total. The molecule has 0 saturated heterocycles. The molecular formula is C28H27F3N2O4S. The Morgan fingerprint density at radius 1 is 1.24 bits per heavy atom. The first-order valence-electron chi connectivity index (χ1n) is 12.7. The number of hydrogen-bond acceptors (Lipinski definition) is 6. The summed E-state index contributed by atoms with van der Waals surface area (Å²) in [5.41, 5.74) is 3.21. The minimum atomic E-state index is -4.44. The molecule has 2 aromatic carbocycles. The summed E-state index contributed by atoms with van der Waals surface area (Å²) in [5.74, 6) is 0.0772. The van der Waals surface area contributed by atoms with Crippen LogP contribution in [0.25, 0.3) is 0 Å². The van der Waals surface area contributed by atoms with Gasteiger partial charge in [0, 0.05) is 48.5 Å². The molecule has 0 fully saturated rings. The molecule has 0 spiro atoms. The molecule has 3 aliphatic rings. The SMILES string of the molecule is Cc1nc2c(s1)CN(Cc1c(C(F)(F)F)ccc3c1CC[C@H]3Oc1ccc3c(c1)OC[C@H]3CC(=O)O)CC2. The van der Waals surface area contributed by atoms with Crippen LogP contribution in [-0.2, 0) is 36.9 Å². The van der Waals surface area contributed by atoms with Gasteiger partial charge in [0.05, 0.1) is 29.3 Å². The van der Waals surface area contributed by atoms with Crippen molar-refractivity contribution in [1.82, 2.24) is 9.88 Å². The van der Waals surface area contributed by atoms with Crippen molar-refractivity contribution in [3.8, 4) is 11.5 Å². The van der Waals surface area contributed by atoms with E-state index >= 15 is 0 Å². The third-order valence-electron chi connectivity index (χ3n) is 7.64. The average Bonchev–Trinajstić information content (AvgIpc) is 3.54. The number of ether oxygens (including phenoxy) is 2. The zero-order valence-electron chi connectivity index (χ0n) is 20.8. The maximum atomic E-state index is 14.1. The van der Waals surface area contributed by atoms with E-state index in [0.29, 0.717) is 49.6 Å². The Morgan fingerprint density at radius 2 is 2.05 bits per heavy atom. The first-order valence-corrected chi connectivity index (χ1v) is 13.5. The Kier molecular flexibility index (Phi) is 6.34. The molecule has 38 heavy (non-hydrogen) atoms. The van der Waals surface area contributed by atoms with Gasteiger partial charge in [0.15, 0.2) is 0 Å². The van der Waals surface area contributed by atoms with E-state index in [1.165, 1.54) is 6.07 Å². The number of aryl methyl sites for hydroxylation is 1. The molecule has 0 radical (unpaired) electrons. The predicted octanol–water partition coefficient (Wildman–Crippen LogP) is 6.05. The Balaban J connectivity index is 1.25. The largest absolute Gasteiger partial charge is 0.492 e. The molecule has 6 rings (SSSR count). The Bertz CT molecular complexity index is 1400. The van der Waals surface area contributed by atoms with Gasteiger partial charge in [0.1, 0.15) is 17.6 Å². The lowest BCUT2D eigenvalue weighted by molar-refractivity contribution is -0.139.